The van der Waals surface area contributed by atoms with Crippen LogP contribution in [0.1, 0.15) is 32.8 Å². The van der Waals surface area contributed by atoms with Gasteiger partial charge >= 0.3 is 12.3 Å². The van der Waals surface area contributed by atoms with Crippen LogP contribution in [0.25, 0.3) is 0 Å². The number of hydrogen-bond acceptors (Lipinski definition) is 5. The maximum atomic E-state index is 12.9. The van der Waals surface area contributed by atoms with Crippen molar-refractivity contribution in [2.24, 2.45) is 0 Å². The number of sulfonamides is 1. The van der Waals surface area contributed by atoms with Crippen molar-refractivity contribution in [1.82, 2.24) is 14.5 Å². The van der Waals surface area contributed by atoms with Crippen molar-refractivity contribution in [2.75, 3.05) is 32.7 Å². The number of piperazine rings is 1. The lowest BCUT2D eigenvalue weighted by Gasteiger charge is -2.34. The monoisotopic (exact) mass is 465 g/mol. The van der Waals surface area contributed by atoms with E-state index in [2.05, 4.69) is 5.32 Å². The van der Waals surface area contributed by atoms with Gasteiger partial charge in [-0.2, -0.15) is 17.5 Å². The zero-order chi connectivity index (χ0) is 23.4. The fourth-order valence-corrected chi connectivity index (χ4v) is 4.37. The predicted molar refractivity (Wildman–Crippen MR) is 106 cm³/mol. The number of amides is 2. The van der Waals surface area contributed by atoms with Crippen LogP contribution >= 0.6 is 0 Å². The van der Waals surface area contributed by atoms with Crippen LogP contribution in [-0.2, 0) is 25.7 Å². The van der Waals surface area contributed by atoms with Crippen LogP contribution in [0.4, 0.5) is 18.0 Å². The van der Waals surface area contributed by atoms with Gasteiger partial charge in [0.25, 0.3) is 0 Å². The molecule has 1 heterocycles. The van der Waals surface area contributed by atoms with Gasteiger partial charge < -0.3 is 15.0 Å². The van der Waals surface area contributed by atoms with Crippen LogP contribution in [0.5, 0.6) is 0 Å². The Morgan fingerprint density at radius 3 is 2.26 bits per heavy atom. The summed E-state index contributed by atoms with van der Waals surface area (Å²) in [6, 6.07) is 3.58. The van der Waals surface area contributed by atoms with Crippen molar-refractivity contribution in [3.63, 3.8) is 0 Å². The summed E-state index contributed by atoms with van der Waals surface area (Å²) in [7, 11) is -4.12. The molecular formula is C19H26F3N3O5S. The van der Waals surface area contributed by atoms with Crippen molar-refractivity contribution in [2.45, 2.75) is 43.9 Å². The molecule has 2 rings (SSSR count). The summed E-state index contributed by atoms with van der Waals surface area (Å²) >= 11 is 0. The molecule has 0 atom stereocenters. The van der Waals surface area contributed by atoms with Gasteiger partial charge in [-0.05, 0) is 39.0 Å². The molecule has 0 aromatic heterocycles. The summed E-state index contributed by atoms with van der Waals surface area (Å²) in [4.78, 5) is 24.9. The lowest BCUT2D eigenvalue weighted by Crippen LogP contribution is -2.51. The molecule has 1 saturated heterocycles. The molecule has 0 aliphatic carbocycles. The number of ether oxygens (including phenoxy) is 1. The molecule has 1 aromatic rings. The van der Waals surface area contributed by atoms with Gasteiger partial charge in [0, 0.05) is 39.1 Å². The maximum Gasteiger partial charge on any atom is 0.416 e. The van der Waals surface area contributed by atoms with Crippen LogP contribution < -0.4 is 5.32 Å². The highest BCUT2D eigenvalue weighted by atomic mass is 32.2. The van der Waals surface area contributed by atoms with Gasteiger partial charge in [0.2, 0.25) is 15.9 Å². The second kappa shape index (κ2) is 9.43. The first-order chi connectivity index (χ1) is 14.2. The summed E-state index contributed by atoms with van der Waals surface area (Å²) in [6.07, 6.45) is -5.28. The normalized spacial score (nSPS) is 16.1. The lowest BCUT2D eigenvalue weighted by atomic mass is 10.2. The third-order valence-electron chi connectivity index (χ3n) is 4.40. The first-order valence-corrected chi connectivity index (χ1v) is 11.1. The summed E-state index contributed by atoms with van der Waals surface area (Å²) in [5, 5.41) is 2.47. The zero-order valence-corrected chi connectivity index (χ0v) is 18.3. The fourth-order valence-electron chi connectivity index (χ4n) is 2.90. The number of carbonyl (C=O) groups excluding carboxylic acids is 2. The highest BCUT2D eigenvalue weighted by Gasteiger charge is 2.34. The van der Waals surface area contributed by atoms with E-state index in [1.807, 2.05) is 0 Å². The minimum absolute atomic E-state index is 0.0135. The molecule has 0 radical (unpaired) electrons. The number of alkyl halides is 3. The van der Waals surface area contributed by atoms with Gasteiger partial charge in [-0.3, -0.25) is 4.79 Å². The van der Waals surface area contributed by atoms with Crippen LogP contribution in [-0.4, -0.2) is 67.9 Å². The number of halogens is 3. The number of hydrogen-bond donors (Lipinski definition) is 1. The minimum atomic E-state index is -4.65. The Balaban J connectivity index is 1.89. The molecule has 1 fully saturated rings. The third-order valence-corrected chi connectivity index (χ3v) is 6.29. The van der Waals surface area contributed by atoms with Crippen LogP contribution in [0.2, 0.25) is 0 Å². The Labute approximate surface area is 179 Å². The SMILES string of the molecule is CC(C)(C)OC(=O)NCCC(=O)N1CCN(S(=O)(=O)c2cccc(C(F)(F)F)c2)CC1. The van der Waals surface area contributed by atoms with Crippen LogP contribution in [0.3, 0.4) is 0 Å². The largest absolute Gasteiger partial charge is 0.444 e. The molecule has 8 nitrogen and oxygen atoms in total. The van der Waals surface area contributed by atoms with E-state index in [1.165, 1.54) is 4.90 Å². The average Bonchev–Trinajstić information content (AvgIpc) is 2.66. The van der Waals surface area contributed by atoms with Crippen molar-refractivity contribution >= 4 is 22.0 Å². The van der Waals surface area contributed by atoms with Crippen molar-refractivity contribution in [3.05, 3.63) is 29.8 Å². The first-order valence-electron chi connectivity index (χ1n) is 9.62. The number of alkyl carbamates (subject to hydrolysis) is 1. The Morgan fingerprint density at radius 1 is 1.10 bits per heavy atom. The Hall–Kier alpha value is -2.34. The van der Waals surface area contributed by atoms with Crippen molar-refractivity contribution < 1.29 is 35.9 Å². The second-order valence-corrected chi connectivity index (χ2v) is 9.93. The number of benzene rings is 1. The molecule has 174 valence electrons. The predicted octanol–water partition coefficient (Wildman–Crippen LogP) is 2.45. The number of rotatable bonds is 5. The fraction of sp³-hybridized carbons (Fsp3) is 0.579. The Kier molecular flexibility index (Phi) is 7.58. The lowest BCUT2D eigenvalue weighted by molar-refractivity contribution is -0.137. The highest BCUT2D eigenvalue weighted by Crippen LogP contribution is 2.31. The zero-order valence-electron chi connectivity index (χ0n) is 17.5. The smallest absolute Gasteiger partial charge is 0.416 e. The van der Waals surface area contributed by atoms with Crippen molar-refractivity contribution in [3.8, 4) is 0 Å². The van der Waals surface area contributed by atoms with E-state index in [9.17, 15) is 31.2 Å². The standard InChI is InChI=1S/C19H26F3N3O5S/c1-18(2,3)30-17(27)23-8-7-16(26)24-9-11-25(12-10-24)31(28,29)15-6-4-5-14(13-15)19(20,21)22/h4-6,13H,7-12H2,1-3H3,(H,23,27). The summed E-state index contributed by atoms with van der Waals surface area (Å²) in [5.74, 6) is -0.271. The molecule has 0 bridgehead atoms. The van der Waals surface area contributed by atoms with Gasteiger partial charge in [-0.1, -0.05) is 6.07 Å². The number of nitrogens with one attached hydrogen (secondary N) is 1. The molecule has 1 aliphatic rings. The molecule has 1 aliphatic heterocycles. The molecule has 0 saturated carbocycles. The Morgan fingerprint density at radius 2 is 1.71 bits per heavy atom. The molecule has 12 heteroatoms. The molecule has 0 spiro atoms. The summed E-state index contributed by atoms with van der Waals surface area (Å²) < 4.78 is 70.2. The molecule has 0 unspecified atom stereocenters. The van der Waals surface area contributed by atoms with Gasteiger partial charge in [-0.25, -0.2) is 13.2 Å². The Bertz CT molecular complexity index is 905. The van der Waals surface area contributed by atoms with Crippen molar-refractivity contribution in [1.29, 1.82) is 0 Å². The third kappa shape index (κ3) is 7.10. The molecule has 31 heavy (non-hydrogen) atoms. The highest BCUT2D eigenvalue weighted by molar-refractivity contribution is 7.89. The van der Waals surface area contributed by atoms with E-state index in [4.69, 9.17) is 4.74 Å². The minimum Gasteiger partial charge on any atom is -0.444 e. The average molecular weight is 465 g/mol. The quantitative estimate of drug-likeness (QED) is 0.721. The summed E-state index contributed by atoms with van der Waals surface area (Å²) in [6.45, 7) is 5.33. The van der Waals surface area contributed by atoms with E-state index < -0.39 is 38.4 Å². The molecular weight excluding hydrogens is 439 g/mol. The first kappa shape index (κ1) is 24.9. The van der Waals surface area contributed by atoms with E-state index in [1.54, 1.807) is 20.8 Å². The molecule has 1 aromatic carbocycles. The maximum absolute atomic E-state index is 12.9. The van der Waals surface area contributed by atoms with E-state index >= 15 is 0 Å². The summed E-state index contributed by atoms with van der Waals surface area (Å²) in [5.41, 5.74) is -1.70. The van der Waals surface area contributed by atoms with E-state index in [-0.39, 0.29) is 45.1 Å². The van der Waals surface area contributed by atoms with E-state index in [0.29, 0.717) is 6.07 Å². The van der Waals surface area contributed by atoms with Crippen LogP contribution in [0, 0.1) is 0 Å². The second-order valence-electron chi connectivity index (χ2n) is 7.99. The number of nitrogens with zero attached hydrogens (tertiary/aromatic N) is 2. The molecule has 1 N–H and O–H groups in total. The van der Waals surface area contributed by atoms with Gasteiger partial charge in [0.15, 0.2) is 0 Å². The number of carbonyl (C=O) groups is 2. The molecule has 2 amide bonds. The van der Waals surface area contributed by atoms with E-state index in [0.717, 1.165) is 22.5 Å². The van der Waals surface area contributed by atoms with Crippen LogP contribution in [0.15, 0.2) is 29.2 Å². The van der Waals surface area contributed by atoms with Gasteiger partial charge in [-0.15, -0.1) is 0 Å². The van der Waals surface area contributed by atoms with Gasteiger partial charge in [0.1, 0.15) is 5.60 Å². The van der Waals surface area contributed by atoms with Gasteiger partial charge in [0.05, 0.1) is 10.5 Å². The topological polar surface area (TPSA) is 96.0 Å².